The van der Waals surface area contributed by atoms with Crippen LogP contribution >= 0.6 is 0 Å². The number of aliphatic carboxylic acids is 1. The van der Waals surface area contributed by atoms with E-state index in [9.17, 15) is 4.79 Å². The van der Waals surface area contributed by atoms with Gasteiger partial charge < -0.3 is 5.11 Å². The molecule has 1 heterocycles. The van der Waals surface area contributed by atoms with Crippen molar-refractivity contribution in [2.45, 2.75) is 25.3 Å². The first-order valence-electron chi connectivity index (χ1n) is 6.08. The van der Waals surface area contributed by atoms with E-state index >= 15 is 0 Å². The zero-order chi connectivity index (χ0) is 11.8. The van der Waals surface area contributed by atoms with Gasteiger partial charge in [0.25, 0.3) is 0 Å². The second kappa shape index (κ2) is 4.13. The number of carbonyl (C=O) groups is 1. The van der Waals surface area contributed by atoms with Gasteiger partial charge in [-0.1, -0.05) is 18.2 Å². The number of carboxylic acid groups (broad SMARTS) is 1. The maximum Gasteiger partial charge on any atom is 0.309 e. The van der Waals surface area contributed by atoms with E-state index in [1.807, 2.05) is 0 Å². The smallest absolute Gasteiger partial charge is 0.309 e. The van der Waals surface area contributed by atoms with Crippen molar-refractivity contribution < 1.29 is 9.90 Å². The highest BCUT2D eigenvalue weighted by atomic mass is 16.4. The molecular formula is C13H16N2O2. The first kappa shape index (κ1) is 10.7. The lowest BCUT2D eigenvalue weighted by Crippen LogP contribution is -2.26. The Labute approximate surface area is 100.0 Å². The molecule has 0 amide bonds. The maximum atomic E-state index is 11.1. The molecule has 0 bridgehead atoms. The van der Waals surface area contributed by atoms with Crippen molar-refractivity contribution >= 4 is 5.97 Å². The summed E-state index contributed by atoms with van der Waals surface area (Å²) in [4.78, 5) is 11.1. The minimum atomic E-state index is -0.743. The summed E-state index contributed by atoms with van der Waals surface area (Å²) in [6.07, 6.45) is 3.51. The van der Waals surface area contributed by atoms with E-state index in [0.29, 0.717) is 6.54 Å². The Morgan fingerprint density at radius 3 is 2.94 bits per heavy atom. The molecule has 2 atom stereocenters. The lowest BCUT2D eigenvalue weighted by Gasteiger charge is -2.16. The Hall–Kier alpha value is -1.39. The topological polar surface area (TPSA) is 61.4 Å². The molecule has 1 saturated heterocycles. The fourth-order valence-electron chi connectivity index (χ4n) is 2.83. The average molecular weight is 232 g/mol. The third-order valence-corrected chi connectivity index (χ3v) is 3.78. The van der Waals surface area contributed by atoms with E-state index in [2.05, 4.69) is 29.1 Å². The Bertz CT molecular complexity index is 459. The van der Waals surface area contributed by atoms with E-state index in [-0.39, 0.29) is 12.0 Å². The highest BCUT2D eigenvalue weighted by molar-refractivity contribution is 5.72. The number of fused-ring (bicyclic) bond motifs is 1. The van der Waals surface area contributed by atoms with Crippen LogP contribution < -0.4 is 10.9 Å². The molecule has 4 heteroatoms. The predicted octanol–water partition coefficient (Wildman–Crippen LogP) is 1.02. The summed E-state index contributed by atoms with van der Waals surface area (Å²) < 4.78 is 0. The second-order valence-corrected chi connectivity index (χ2v) is 4.83. The van der Waals surface area contributed by atoms with Crippen LogP contribution in [0.2, 0.25) is 0 Å². The van der Waals surface area contributed by atoms with Crippen LogP contribution in [0, 0.1) is 5.92 Å². The predicted molar refractivity (Wildman–Crippen MR) is 63.5 cm³/mol. The van der Waals surface area contributed by atoms with Gasteiger partial charge in [-0.05, 0) is 36.0 Å². The van der Waals surface area contributed by atoms with E-state index in [1.165, 1.54) is 17.5 Å². The van der Waals surface area contributed by atoms with Gasteiger partial charge in [0.15, 0.2) is 0 Å². The summed E-state index contributed by atoms with van der Waals surface area (Å²) in [5, 5.41) is 9.16. The summed E-state index contributed by atoms with van der Waals surface area (Å²) in [6, 6.07) is 6.27. The number of carboxylic acids is 1. The molecule has 2 aliphatic rings. The number of benzene rings is 1. The molecule has 1 aliphatic heterocycles. The minimum Gasteiger partial charge on any atom is -0.481 e. The van der Waals surface area contributed by atoms with Gasteiger partial charge in [0.05, 0.1) is 12.0 Å². The zero-order valence-corrected chi connectivity index (χ0v) is 9.57. The van der Waals surface area contributed by atoms with Gasteiger partial charge in [0, 0.05) is 6.54 Å². The van der Waals surface area contributed by atoms with Crippen molar-refractivity contribution in [3.63, 3.8) is 0 Å². The molecule has 17 heavy (non-hydrogen) atoms. The Morgan fingerprint density at radius 1 is 1.29 bits per heavy atom. The third-order valence-electron chi connectivity index (χ3n) is 3.78. The lowest BCUT2D eigenvalue weighted by molar-refractivity contribution is -0.141. The van der Waals surface area contributed by atoms with Crippen molar-refractivity contribution in [1.29, 1.82) is 0 Å². The summed E-state index contributed by atoms with van der Waals surface area (Å²) in [6.45, 7) is 0.483. The van der Waals surface area contributed by atoms with Crippen molar-refractivity contribution in [3.05, 3.63) is 34.9 Å². The number of hydrazine groups is 1. The van der Waals surface area contributed by atoms with E-state index in [0.717, 1.165) is 18.4 Å². The molecule has 1 aromatic rings. The van der Waals surface area contributed by atoms with Crippen LogP contribution in [-0.4, -0.2) is 17.6 Å². The summed E-state index contributed by atoms with van der Waals surface area (Å²) in [7, 11) is 0. The maximum absolute atomic E-state index is 11.1. The van der Waals surface area contributed by atoms with Crippen LogP contribution in [-0.2, 0) is 17.6 Å². The van der Waals surface area contributed by atoms with Crippen molar-refractivity contribution in [2.24, 2.45) is 5.92 Å². The molecule has 1 fully saturated rings. The van der Waals surface area contributed by atoms with Crippen LogP contribution in [0.4, 0.5) is 0 Å². The van der Waals surface area contributed by atoms with E-state index in [4.69, 9.17) is 5.11 Å². The molecule has 1 aliphatic carbocycles. The zero-order valence-electron chi connectivity index (χ0n) is 9.57. The van der Waals surface area contributed by atoms with Crippen LogP contribution in [0.1, 0.15) is 29.2 Å². The largest absolute Gasteiger partial charge is 0.481 e. The van der Waals surface area contributed by atoms with Crippen LogP contribution in [0.5, 0.6) is 0 Å². The SMILES string of the molecule is O=C(O)C1CNNC1c1ccc2c(c1)CCC2. The van der Waals surface area contributed by atoms with Crippen LogP contribution in [0.15, 0.2) is 18.2 Å². The summed E-state index contributed by atoms with van der Waals surface area (Å²) >= 11 is 0. The monoisotopic (exact) mass is 232 g/mol. The molecular weight excluding hydrogens is 216 g/mol. The summed E-state index contributed by atoms with van der Waals surface area (Å²) in [5.74, 6) is -1.12. The quantitative estimate of drug-likeness (QED) is 0.712. The molecule has 0 radical (unpaired) electrons. The first-order valence-corrected chi connectivity index (χ1v) is 6.08. The highest BCUT2D eigenvalue weighted by Gasteiger charge is 2.34. The number of aryl methyl sites for hydroxylation is 2. The summed E-state index contributed by atoms with van der Waals surface area (Å²) in [5.41, 5.74) is 9.90. The van der Waals surface area contributed by atoms with Gasteiger partial charge in [-0.3, -0.25) is 10.2 Å². The van der Waals surface area contributed by atoms with Gasteiger partial charge in [0.1, 0.15) is 0 Å². The third kappa shape index (κ3) is 1.83. The molecule has 3 rings (SSSR count). The number of rotatable bonds is 2. The normalized spacial score (nSPS) is 27.1. The molecule has 4 nitrogen and oxygen atoms in total. The van der Waals surface area contributed by atoms with Crippen molar-refractivity contribution in [2.75, 3.05) is 6.54 Å². The van der Waals surface area contributed by atoms with Crippen molar-refractivity contribution in [1.82, 2.24) is 10.9 Å². The van der Waals surface area contributed by atoms with Crippen LogP contribution in [0.3, 0.4) is 0 Å². The number of hydrogen-bond acceptors (Lipinski definition) is 3. The number of nitrogens with one attached hydrogen (secondary N) is 2. The van der Waals surface area contributed by atoms with Gasteiger partial charge in [0.2, 0.25) is 0 Å². The fraction of sp³-hybridized carbons (Fsp3) is 0.462. The van der Waals surface area contributed by atoms with E-state index in [1.54, 1.807) is 0 Å². The van der Waals surface area contributed by atoms with Crippen molar-refractivity contribution in [3.8, 4) is 0 Å². The molecule has 0 aromatic heterocycles. The molecule has 0 saturated carbocycles. The van der Waals surface area contributed by atoms with Gasteiger partial charge in [-0.2, -0.15) is 0 Å². The lowest BCUT2D eigenvalue weighted by atomic mass is 9.93. The van der Waals surface area contributed by atoms with Crippen LogP contribution in [0.25, 0.3) is 0 Å². The Morgan fingerprint density at radius 2 is 2.12 bits per heavy atom. The highest BCUT2D eigenvalue weighted by Crippen LogP contribution is 2.29. The molecule has 1 aromatic carbocycles. The first-order chi connectivity index (χ1) is 8.25. The van der Waals surface area contributed by atoms with E-state index < -0.39 is 5.97 Å². The standard InChI is InChI=1S/C13H16N2O2/c16-13(17)11-7-14-15-12(11)10-5-4-8-2-1-3-9(8)6-10/h4-6,11-12,14-15H,1-3,7H2,(H,16,17). The van der Waals surface area contributed by atoms with Gasteiger partial charge >= 0.3 is 5.97 Å². The Kier molecular flexibility index (Phi) is 2.61. The second-order valence-electron chi connectivity index (χ2n) is 4.83. The number of hydrogen-bond donors (Lipinski definition) is 3. The average Bonchev–Trinajstić information content (AvgIpc) is 2.96. The van der Waals surface area contributed by atoms with Gasteiger partial charge in [-0.15, -0.1) is 0 Å². The van der Waals surface area contributed by atoms with Gasteiger partial charge in [-0.25, -0.2) is 5.43 Å². The fourth-order valence-corrected chi connectivity index (χ4v) is 2.83. The molecule has 90 valence electrons. The molecule has 3 N–H and O–H groups in total. The Balaban J connectivity index is 1.91. The molecule has 0 spiro atoms. The minimum absolute atomic E-state index is 0.113. The molecule has 2 unspecified atom stereocenters.